The minimum Gasteiger partial charge on any atom is -0.350 e. The summed E-state index contributed by atoms with van der Waals surface area (Å²) in [5.74, 6) is 0.299. The second-order valence-electron chi connectivity index (χ2n) is 6.67. The summed E-state index contributed by atoms with van der Waals surface area (Å²) in [7, 11) is 0. The van der Waals surface area contributed by atoms with E-state index in [4.69, 9.17) is 5.26 Å². The van der Waals surface area contributed by atoms with Crippen molar-refractivity contribution >= 4 is 5.82 Å². The van der Waals surface area contributed by atoms with Crippen molar-refractivity contribution in [1.82, 2.24) is 20.2 Å². The van der Waals surface area contributed by atoms with Gasteiger partial charge in [0.25, 0.3) is 0 Å². The van der Waals surface area contributed by atoms with E-state index in [9.17, 15) is 4.39 Å². The molecule has 6 nitrogen and oxygen atoms in total. The van der Waals surface area contributed by atoms with Crippen molar-refractivity contribution in [2.24, 2.45) is 0 Å². The smallest absolute Gasteiger partial charge is 0.213 e. The Morgan fingerprint density at radius 2 is 1.93 bits per heavy atom. The average Bonchev–Trinajstić information content (AvgIpc) is 2.67. The molecule has 0 saturated heterocycles. The zero-order valence-corrected chi connectivity index (χ0v) is 15.1. The van der Waals surface area contributed by atoms with Gasteiger partial charge in [-0.15, -0.1) is 10.2 Å². The lowest BCUT2D eigenvalue weighted by molar-refractivity contribution is 0.583. The van der Waals surface area contributed by atoms with Crippen LogP contribution in [-0.4, -0.2) is 26.7 Å². The highest BCUT2D eigenvalue weighted by Gasteiger charge is 2.21. The molecule has 0 aromatic carbocycles. The fourth-order valence-electron chi connectivity index (χ4n) is 3.42. The van der Waals surface area contributed by atoms with Crippen LogP contribution in [-0.2, 0) is 13.0 Å². The Morgan fingerprint density at radius 1 is 1.07 bits per heavy atom. The van der Waals surface area contributed by atoms with Crippen LogP contribution in [0.1, 0.15) is 28.1 Å². The summed E-state index contributed by atoms with van der Waals surface area (Å²) < 4.78 is 13.3. The van der Waals surface area contributed by atoms with E-state index in [0.717, 1.165) is 52.3 Å². The zero-order chi connectivity index (χ0) is 19.0. The lowest BCUT2D eigenvalue weighted by Crippen LogP contribution is -2.32. The number of rotatable bonds is 2. The van der Waals surface area contributed by atoms with Crippen LogP contribution in [0.15, 0.2) is 30.6 Å². The van der Waals surface area contributed by atoms with E-state index < -0.39 is 5.95 Å². The normalized spacial score (nSPS) is 13.2. The predicted octanol–water partition coefficient (Wildman–Crippen LogP) is 3.12. The largest absolute Gasteiger partial charge is 0.350 e. The van der Waals surface area contributed by atoms with Crippen LogP contribution in [0.4, 0.5) is 10.2 Å². The molecule has 0 unspecified atom stereocenters. The molecule has 4 heterocycles. The SMILES string of the molecule is Cc1cc(F)ncc1-c1cnc2c(c1)CN(c1nnc(C#N)cc1C)CC2. The van der Waals surface area contributed by atoms with Gasteiger partial charge in [0.15, 0.2) is 11.5 Å². The number of fused-ring (bicyclic) bond motifs is 1. The van der Waals surface area contributed by atoms with Crippen molar-refractivity contribution in [1.29, 1.82) is 5.26 Å². The maximum absolute atomic E-state index is 13.3. The number of aryl methyl sites for hydroxylation is 2. The zero-order valence-electron chi connectivity index (χ0n) is 15.1. The Labute approximate surface area is 156 Å². The number of aromatic nitrogens is 4. The van der Waals surface area contributed by atoms with E-state index in [1.807, 2.05) is 26.1 Å². The maximum atomic E-state index is 13.3. The van der Waals surface area contributed by atoms with Crippen LogP contribution in [0.25, 0.3) is 11.1 Å². The summed E-state index contributed by atoms with van der Waals surface area (Å²) in [5.41, 5.74) is 6.02. The minimum absolute atomic E-state index is 0.317. The van der Waals surface area contributed by atoms with E-state index in [1.54, 1.807) is 12.3 Å². The first kappa shape index (κ1) is 17.0. The van der Waals surface area contributed by atoms with Gasteiger partial charge in [-0.3, -0.25) is 4.98 Å². The van der Waals surface area contributed by atoms with Crippen LogP contribution in [0.2, 0.25) is 0 Å². The standard InChI is InChI=1S/C20H17FN6/c1-12-6-19(21)24-10-17(12)14-7-15-11-27(4-3-18(15)23-9-14)20-13(2)5-16(8-22)25-26-20/h5-7,9-10H,3-4,11H2,1-2H3. The van der Waals surface area contributed by atoms with Crippen molar-refractivity contribution in [3.05, 3.63) is 64.6 Å². The molecule has 0 bridgehead atoms. The molecule has 0 amide bonds. The molecular formula is C20H17FN6. The molecular weight excluding hydrogens is 343 g/mol. The van der Waals surface area contributed by atoms with Crippen LogP contribution >= 0.6 is 0 Å². The number of nitriles is 1. The molecule has 0 saturated carbocycles. The number of nitrogens with zero attached hydrogens (tertiary/aromatic N) is 6. The third-order valence-corrected chi connectivity index (χ3v) is 4.80. The molecule has 0 fully saturated rings. The van der Waals surface area contributed by atoms with Gasteiger partial charge in [0.2, 0.25) is 5.95 Å². The monoisotopic (exact) mass is 360 g/mol. The Kier molecular flexibility index (Phi) is 4.24. The van der Waals surface area contributed by atoms with Gasteiger partial charge in [0.05, 0.1) is 0 Å². The molecule has 0 aliphatic carbocycles. The Hall–Kier alpha value is -3.40. The van der Waals surface area contributed by atoms with Gasteiger partial charge in [0.1, 0.15) is 6.07 Å². The molecule has 0 spiro atoms. The molecule has 1 aliphatic rings. The molecule has 4 rings (SSSR count). The first-order chi connectivity index (χ1) is 13.0. The molecule has 0 N–H and O–H groups in total. The third-order valence-electron chi connectivity index (χ3n) is 4.80. The topological polar surface area (TPSA) is 78.6 Å². The summed E-state index contributed by atoms with van der Waals surface area (Å²) in [6.45, 7) is 5.24. The van der Waals surface area contributed by atoms with Crippen molar-refractivity contribution < 1.29 is 4.39 Å². The number of halogens is 1. The Balaban J connectivity index is 1.67. The number of hydrogen-bond donors (Lipinski definition) is 0. The molecule has 3 aromatic heterocycles. The quantitative estimate of drug-likeness (QED) is 0.654. The Morgan fingerprint density at radius 3 is 2.67 bits per heavy atom. The van der Waals surface area contributed by atoms with Crippen LogP contribution in [0.3, 0.4) is 0 Å². The molecule has 0 atom stereocenters. The molecule has 0 radical (unpaired) electrons. The van der Waals surface area contributed by atoms with Gasteiger partial charge in [-0.25, -0.2) is 4.98 Å². The number of hydrogen-bond acceptors (Lipinski definition) is 6. The Bertz CT molecular complexity index is 1070. The third kappa shape index (κ3) is 3.22. The van der Waals surface area contributed by atoms with Crippen molar-refractivity contribution in [2.45, 2.75) is 26.8 Å². The fourth-order valence-corrected chi connectivity index (χ4v) is 3.42. The molecule has 1 aliphatic heterocycles. The molecule has 3 aromatic rings. The van der Waals surface area contributed by atoms with Crippen molar-refractivity contribution in [3.63, 3.8) is 0 Å². The van der Waals surface area contributed by atoms with E-state index in [1.165, 1.54) is 6.07 Å². The predicted molar refractivity (Wildman–Crippen MR) is 98.4 cm³/mol. The van der Waals surface area contributed by atoms with Crippen LogP contribution in [0, 0.1) is 31.1 Å². The van der Waals surface area contributed by atoms with Crippen molar-refractivity contribution in [3.8, 4) is 17.2 Å². The highest BCUT2D eigenvalue weighted by atomic mass is 19.1. The first-order valence-electron chi connectivity index (χ1n) is 8.65. The maximum Gasteiger partial charge on any atom is 0.213 e. The van der Waals surface area contributed by atoms with Gasteiger partial charge in [0, 0.05) is 48.7 Å². The van der Waals surface area contributed by atoms with E-state index >= 15 is 0 Å². The average molecular weight is 360 g/mol. The van der Waals surface area contributed by atoms with Crippen molar-refractivity contribution in [2.75, 3.05) is 11.4 Å². The highest BCUT2D eigenvalue weighted by molar-refractivity contribution is 5.66. The second-order valence-corrected chi connectivity index (χ2v) is 6.67. The lowest BCUT2D eigenvalue weighted by Gasteiger charge is -2.30. The van der Waals surface area contributed by atoms with Gasteiger partial charge in [-0.2, -0.15) is 9.65 Å². The summed E-state index contributed by atoms with van der Waals surface area (Å²) in [6.07, 6.45) is 4.17. The van der Waals surface area contributed by atoms with Crippen LogP contribution in [0.5, 0.6) is 0 Å². The summed E-state index contributed by atoms with van der Waals surface area (Å²) in [4.78, 5) is 10.5. The molecule has 27 heavy (non-hydrogen) atoms. The van der Waals surface area contributed by atoms with Gasteiger partial charge < -0.3 is 4.90 Å². The number of pyridine rings is 2. The van der Waals surface area contributed by atoms with Gasteiger partial charge in [-0.1, -0.05) is 0 Å². The van der Waals surface area contributed by atoms with Crippen LogP contribution < -0.4 is 4.90 Å². The van der Waals surface area contributed by atoms with E-state index in [-0.39, 0.29) is 0 Å². The minimum atomic E-state index is -0.483. The first-order valence-corrected chi connectivity index (χ1v) is 8.65. The van der Waals surface area contributed by atoms with Gasteiger partial charge in [-0.05, 0) is 48.7 Å². The molecule has 7 heteroatoms. The fraction of sp³-hybridized carbons (Fsp3) is 0.250. The number of anilines is 1. The summed E-state index contributed by atoms with van der Waals surface area (Å²) >= 11 is 0. The van der Waals surface area contributed by atoms with E-state index in [2.05, 4.69) is 31.1 Å². The molecule has 134 valence electrons. The highest BCUT2D eigenvalue weighted by Crippen LogP contribution is 2.29. The van der Waals surface area contributed by atoms with E-state index in [0.29, 0.717) is 12.2 Å². The lowest BCUT2D eigenvalue weighted by atomic mass is 9.99. The second kappa shape index (κ2) is 6.72. The summed E-state index contributed by atoms with van der Waals surface area (Å²) in [5, 5.41) is 17.2. The summed E-state index contributed by atoms with van der Waals surface area (Å²) in [6, 6.07) is 7.28. The van der Waals surface area contributed by atoms with Gasteiger partial charge >= 0.3 is 0 Å².